The van der Waals surface area contributed by atoms with Crippen molar-refractivity contribution in [2.24, 2.45) is 0 Å². The first-order valence-electron chi connectivity index (χ1n) is 10.7. The third-order valence-corrected chi connectivity index (χ3v) is 5.71. The van der Waals surface area contributed by atoms with Crippen LogP contribution in [0.2, 0.25) is 0 Å². The molecular weight excluding hydrogens is 385 g/mol. The fraction of sp³-hybridized carbons (Fsp3) is 0.500. The Morgan fingerprint density at radius 1 is 0.833 bits per heavy atom. The first-order valence-corrected chi connectivity index (χ1v) is 10.7. The van der Waals surface area contributed by atoms with E-state index in [1.807, 2.05) is 12.1 Å². The van der Waals surface area contributed by atoms with Crippen LogP contribution in [0.25, 0.3) is 0 Å². The topological polar surface area (TPSA) is 61.8 Å². The summed E-state index contributed by atoms with van der Waals surface area (Å²) in [6.07, 6.45) is 4.99. The lowest BCUT2D eigenvalue weighted by atomic mass is 10.2. The number of para-hydroxylation sites is 1. The predicted molar refractivity (Wildman–Crippen MR) is 113 cm³/mol. The number of anilines is 2. The van der Waals surface area contributed by atoms with Crippen molar-refractivity contribution in [3.63, 3.8) is 0 Å². The number of rotatable bonds is 5. The van der Waals surface area contributed by atoms with Crippen LogP contribution in [0, 0.1) is 5.82 Å². The number of halogens is 1. The monoisotopic (exact) mass is 413 g/mol. The first kappa shape index (κ1) is 20.4. The van der Waals surface area contributed by atoms with Gasteiger partial charge in [0, 0.05) is 39.3 Å². The lowest BCUT2D eigenvalue weighted by molar-refractivity contribution is -0.133. The summed E-state index contributed by atoms with van der Waals surface area (Å²) in [5.41, 5.74) is 0. The maximum Gasteiger partial charge on any atom is 0.260 e. The Morgan fingerprint density at radius 2 is 1.43 bits per heavy atom. The summed E-state index contributed by atoms with van der Waals surface area (Å²) >= 11 is 0. The van der Waals surface area contributed by atoms with Gasteiger partial charge in [0.15, 0.2) is 29.8 Å². The van der Waals surface area contributed by atoms with E-state index in [0.717, 1.165) is 24.7 Å². The van der Waals surface area contributed by atoms with E-state index in [-0.39, 0.29) is 18.3 Å². The van der Waals surface area contributed by atoms with Crippen LogP contribution in [-0.4, -0.2) is 66.9 Å². The van der Waals surface area contributed by atoms with Crippen LogP contribution in [0.4, 0.5) is 16.0 Å². The van der Waals surface area contributed by atoms with E-state index in [2.05, 4.69) is 20.0 Å². The minimum atomic E-state index is -0.461. The number of piperazine rings is 1. The highest BCUT2D eigenvalue weighted by molar-refractivity contribution is 5.78. The molecule has 0 saturated carbocycles. The van der Waals surface area contributed by atoms with Gasteiger partial charge < -0.3 is 19.4 Å². The summed E-state index contributed by atoms with van der Waals surface area (Å²) in [6.45, 7) is 4.45. The molecule has 30 heavy (non-hydrogen) atoms. The van der Waals surface area contributed by atoms with Crippen LogP contribution in [0.5, 0.6) is 5.75 Å². The summed E-state index contributed by atoms with van der Waals surface area (Å²) in [7, 11) is 0. The number of amides is 1. The van der Waals surface area contributed by atoms with Gasteiger partial charge in [0.1, 0.15) is 0 Å². The lowest BCUT2D eigenvalue weighted by Gasteiger charge is -2.35. The van der Waals surface area contributed by atoms with Crippen LogP contribution in [-0.2, 0) is 4.79 Å². The van der Waals surface area contributed by atoms with Crippen molar-refractivity contribution in [1.29, 1.82) is 0 Å². The van der Waals surface area contributed by atoms with Gasteiger partial charge in [-0.25, -0.2) is 4.39 Å². The molecule has 0 unspecified atom stereocenters. The zero-order valence-electron chi connectivity index (χ0n) is 17.2. The minimum Gasteiger partial charge on any atom is -0.481 e. The Bertz CT molecular complexity index is 832. The number of hydrogen-bond acceptors (Lipinski definition) is 6. The smallest absolute Gasteiger partial charge is 0.260 e. The quantitative estimate of drug-likeness (QED) is 0.751. The highest BCUT2D eigenvalue weighted by Gasteiger charge is 2.23. The van der Waals surface area contributed by atoms with Crippen molar-refractivity contribution >= 4 is 17.5 Å². The second kappa shape index (κ2) is 9.73. The van der Waals surface area contributed by atoms with Gasteiger partial charge in [0.25, 0.3) is 5.91 Å². The summed E-state index contributed by atoms with van der Waals surface area (Å²) < 4.78 is 19.0. The van der Waals surface area contributed by atoms with Crippen LogP contribution in [0.15, 0.2) is 36.4 Å². The normalized spacial score (nSPS) is 17.6. The zero-order valence-corrected chi connectivity index (χ0v) is 17.2. The third-order valence-electron chi connectivity index (χ3n) is 5.71. The second-order valence-electron chi connectivity index (χ2n) is 7.74. The predicted octanol–water partition coefficient (Wildman–Crippen LogP) is 2.72. The Morgan fingerprint density at radius 3 is 2.03 bits per heavy atom. The third kappa shape index (κ3) is 4.98. The maximum atomic E-state index is 13.6. The number of carbonyl (C=O) groups excluding carboxylic acids is 1. The minimum absolute atomic E-state index is 0.101. The zero-order chi connectivity index (χ0) is 20.8. The lowest BCUT2D eigenvalue weighted by Crippen LogP contribution is -2.50. The first-order chi connectivity index (χ1) is 14.7. The van der Waals surface area contributed by atoms with E-state index >= 15 is 0 Å². The number of nitrogens with zero attached hydrogens (tertiary/aromatic N) is 5. The Labute approximate surface area is 176 Å². The fourth-order valence-corrected chi connectivity index (χ4v) is 3.93. The summed E-state index contributed by atoms with van der Waals surface area (Å²) in [6, 6.07) is 10.2. The van der Waals surface area contributed by atoms with Gasteiger partial charge in [-0.3, -0.25) is 4.79 Å². The van der Waals surface area contributed by atoms with E-state index in [4.69, 9.17) is 4.74 Å². The van der Waals surface area contributed by atoms with Crippen LogP contribution < -0.4 is 14.5 Å². The Kier molecular flexibility index (Phi) is 6.61. The molecular formula is C22H28FN5O2. The number of benzene rings is 1. The average Bonchev–Trinajstić information content (AvgIpc) is 3.08. The summed E-state index contributed by atoms with van der Waals surface area (Å²) in [4.78, 5) is 18.6. The van der Waals surface area contributed by atoms with Crippen molar-refractivity contribution < 1.29 is 13.9 Å². The van der Waals surface area contributed by atoms with Gasteiger partial charge in [-0.15, -0.1) is 10.2 Å². The van der Waals surface area contributed by atoms with Crippen molar-refractivity contribution in [2.45, 2.75) is 25.7 Å². The van der Waals surface area contributed by atoms with Gasteiger partial charge >= 0.3 is 0 Å². The van der Waals surface area contributed by atoms with E-state index in [1.165, 1.54) is 37.8 Å². The molecule has 2 aromatic rings. The van der Waals surface area contributed by atoms with Crippen LogP contribution in [0.1, 0.15) is 25.7 Å². The molecule has 4 rings (SSSR count). The van der Waals surface area contributed by atoms with Gasteiger partial charge in [-0.05, 0) is 37.1 Å². The van der Waals surface area contributed by atoms with Crippen molar-refractivity contribution in [3.8, 4) is 5.75 Å². The van der Waals surface area contributed by atoms with E-state index < -0.39 is 5.82 Å². The van der Waals surface area contributed by atoms with E-state index in [9.17, 15) is 9.18 Å². The maximum absolute atomic E-state index is 13.6. The molecule has 2 aliphatic heterocycles. The van der Waals surface area contributed by atoms with Gasteiger partial charge in [-0.2, -0.15) is 0 Å². The van der Waals surface area contributed by atoms with Gasteiger partial charge in [0.2, 0.25) is 0 Å². The highest BCUT2D eigenvalue weighted by Crippen LogP contribution is 2.20. The largest absolute Gasteiger partial charge is 0.481 e. The molecule has 1 aromatic carbocycles. The van der Waals surface area contributed by atoms with E-state index in [0.29, 0.717) is 26.2 Å². The molecule has 2 fully saturated rings. The molecule has 7 nitrogen and oxygen atoms in total. The molecule has 0 radical (unpaired) electrons. The average molecular weight is 413 g/mol. The molecule has 8 heteroatoms. The highest BCUT2D eigenvalue weighted by atomic mass is 19.1. The molecule has 2 saturated heterocycles. The molecule has 160 valence electrons. The SMILES string of the molecule is O=C(COc1ccccc1F)N1CCN(c2ccc(N3CCCCCC3)nn2)CC1. The standard InChI is InChI=1S/C22H28FN5O2/c23-18-7-3-4-8-19(18)30-17-22(29)28-15-13-27(14-16-28)21-10-9-20(24-25-21)26-11-5-1-2-6-12-26/h3-4,7-10H,1-2,5-6,11-17H2. The Balaban J connectivity index is 1.26. The van der Waals surface area contributed by atoms with Crippen LogP contribution in [0.3, 0.4) is 0 Å². The Hall–Kier alpha value is -2.90. The number of ether oxygens (including phenoxy) is 1. The molecule has 0 aliphatic carbocycles. The summed E-state index contributed by atoms with van der Waals surface area (Å²) in [5, 5.41) is 8.87. The van der Waals surface area contributed by atoms with E-state index in [1.54, 1.807) is 17.0 Å². The van der Waals surface area contributed by atoms with Crippen molar-refractivity contribution in [3.05, 3.63) is 42.2 Å². The second-order valence-corrected chi connectivity index (χ2v) is 7.74. The van der Waals surface area contributed by atoms with Gasteiger partial charge in [-0.1, -0.05) is 25.0 Å². The molecule has 0 bridgehead atoms. The number of hydrogen-bond donors (Lipinski definition) is 0. The molecule has 1 amide bonds. The molecule has 0 spiro atoms. The fourth-order valence-electron chi connectivity index (χ4n) is 3.93. The van der Waals surface area contributed by atoms with Crippen molar-refractivity contribution in [2.75, 3.05) is 55.7 Å². The molecule has 0 atom stereocenters. The molecule has 0 N–H and O–H groups in total. The number of carbonyl (C=O) groups is 1. The molecule has 2 aliphatic rings. The molecule has 1 aromatic heterocycles. The van der Waals surface area contributed by atoms with Crippen molar-refractivity contribution in [1.82, 2.24) is 15.1 Å². The molecule has 3 heterocycles. The number of aromatic nitrogens is 2. The van der Waals surface area contributed by atoms with Gasteiger partial charge in [0.05, 0.1) is 0 Å². The summed E-state index contributed by atoms with van der Waals surface area (Å²) in [5.74, 6) is 1.28. The van der Waals surface area contributed by atoms with Crippen LogP contribution >= 0.6 is 0 Å².